The number of amidine groups is 1. The molecule has 4 N–H and O–H groups in total. The van der Waals surface area contributed by atoms with E-state index in [9.17, 15) is 0 Å². The molecule has 0 aromatic heterocycles. The number of benzene rings is 1. The molecule has 0 saturated carbocycles. The minimum absolute atomic E-state index is 0.0976. The molecule has 5 nitrogen and oxygen atoms in total. The van der Waals surface area contributed by atoms with Gasteiger partial charge in [-0.1, -0.05) is 25.9 Å². The molecule has 112 valence electrons. The van der Waals surface area contributed by atoms with Gasteiger partial charge >= 0.3 is 0 Å². The summed E-state index contributed by atoms with van der Waals surface area (Å²) >= 11 is 0. The third-order valence-corrected chi connectivity index (χ3v) is 2.86. The van der Waals surface area contributed by atoms with Crippen LogP contribution in [0.5, 0.6) is 5.75 Å². The van der Waals surface area contributed by atoms with E-state index in [-0.39, 0.29) is 5.84 Å². The maximum absolute atomic E-state index is 8.56. The first-order valence-electron chi connectivity index (χ1n) is 6.84. The largest absolute Gasteiger partial charge is 0.492 e. The van der Waals surface area contributed by atoms with Crippen LogP contribution in [0.15, 0.2) is 29.4 Å². The van der Waals surface area contributed by atoms with Crippen molar-refractivity contribution in [1.29, 1.82) is 0 Å². The van der Waals surface area contributed by atoms with E-state index < -0.39 is 0 Å². The van der Waals surface area contributed by atoms with E-state index in [1.165, 1.54) is 0 Å². The first-order chi connectivity index (χ1) is 9.42. The minimum Gasteiger partial charge on any atom is -0.492 e. The Hall–Kier alpha value is -1.75. The fourth-order valence-corrected chi connectivity index (χ4v) is 1.61. The summed E-state index contributed by atoms with van der Waals surface area (Å²) in [7, 11) is 0. The van der Waals surface area contributed by atoms with Crippen LogP contribution in [0.1, 0.15) is 32.8 Å². The summed E-state index contributed by atoms with van der Waals surface area (Å²) in [6, 6.07) is 7.14. The van der Waals surface area contributed by atoms with Crippen LogP contribution < -0.4 is 15.8 Å². The van der Waals surface area contributed by atoms with E-state index in [0.29, 0.717) is 17.6 Å². The fourth-order valence-electron chi connectivity index (χ4n) is 1.61. The Morgan fingerprint density at radius 1 is 1.25 bits per heavy atom. The number of nitrogens with one attached hydrogen (secondary N) is 1. The summed E-state index contributed by atoms with van der Waals surface area (Å²) in [5.41, 5.74) is 6.51. The Kier molecular flexibility index (Phi) is 6.31. The molecule has 0 aliphatic rings. The highest BCUT2D eigenvalue weighted by Gasteiger charge is 2.08. The smallest absolute Gasteiger partial charge is 0.170 e. The molecule has 0 spiro atoms. The molecule has 0 bridgehead atoms. The van der Waals surface area contributed by atoms with Crippen molar-refractivity contribution in [3.63, 3.8) is 0 Å². The van der Waals surface area contributed by atoms with Crippen LogP contribution in [0.3, 0.4) is 0 Å². The van der Waals surface area contributed by atoms with Crippen LogP contribution in [0.25, 0.3) is 0 Å². The molecule has 0 fully saturated rings. The SMILES string of the molecule is CC(C)(C)CCNCCOc1ccc(/C(N)=N/O)cc1. The lowest BCUT2D eigenvalue weighted by atomic mass is 9.92. The highest BCUT2D eigenvalue weighted by molar-refractivity contribution is 5.97. The van der Waals surface area contributed by atoms with Crippen molar-refractivity contribution >= 4 is 5.84 Å². The van der Waals surface area contributed by atoms with Gasteiger partial charge in [0.15, 0.2) is 5.84 Å². The maximum Gasteiger partial charge on any atom is 0.170 e. The molecule has 1 rings (SSSR count). The van der Waals surface area contributed by atoms with E-state index >= 15 is 0 Å². The third kappa shape index (κ3) is 6.43. The molecule has 0 heterocycles. The Morgan fingerprint density at radius 3 is 2.45 bits per heavy atom. The zero-order chi connectivity index (χ0) is 15.0. The lowest BCUT2D eigenvalue weighted by Crippen LogP contribution is -2.25. The lowest BCUT2D eigenvalue weighted by molar-refractivity contribution is 0.304. The average Bonchev–Trinajstić information content (AvgIpc) is 2.41. The number of oxime groups is 1. The van der Waals surface area contributed by atoms with E-state index in [2.05, 4.69) is 31.2 Å². The second kappa shape index (κ2) is 7.75. The molecule has 0 aliphatic carbocycles. The second-order valence-electron chi connectivity index (χ2n) is 5.92. The molecule has 0 saturated heterocycles. The first-order valence-corrected chi connectivity index (χ1v) is 6.84. The molecular formula is C15H25N3O2. The normalized spacial score (nSPS) is 12.4. The van der Waals surface area contributed by atoms with Crippen molar-refractivity contribution < 1.29 is 9.94 Å². The van der Waals surface area contributed by atoms with Crippen molar-refractivity contribution in [2.75, 3.05) is 19.7 Å². The van der Waals surface area contributed by atoms with Gasteiger partial charge < -0.3 is 21.0 Å². The van der Waals surface area contributed by atoms with Crippen molar-refractivity contribution in [3.8, 4) is 5.75 Å². The van der Waals surface area contributed by atoms with Gasteiger partial charge in [0.25, 0.3) is 0 Å². The molecule has 0 unspecified atom stereocenters. The van der Waals surface area contributed by atoms with Gasteiger partial charge in [0.2, 0.25) is 0 Å². The average molecular weight is 279 g/mol. The molecule has 0 radical (unpaired) electrons. The molecular weight excluding hydrogens is 254 g/mol. The quantitative estimate of drug-likeness (QED) is 0.235. The van der Waals surface area contributed by atoms with Gasteiger partial charge in [-0.2, -0.15) is 0 Å². The number of rotatable bonds is 7. The molecule has 1 aromatic rings. The monoisotopic (exact) mass is 279 g/mol. The van der Waals surface area contributed by atoms with Crippen LogP contribution >= 0.6 is 0 Å². The molecule has 0 atom stereocenters. The summed E-state index contributed by atoms with van der Waals surface area (Å²) in [6.45, 7) is 9.12. The Labute approximate surface area is 120 Å². The number of hydrogen-bond donors (Lipinski definition) is 3. The van der Waals surface area contributed by atoms with Crippen molar-refractivity contribution in [2.45, 2.75) is 27.2 Å². The Balaban J connectivity index is 2.23. The minimum atomic E-state index is 0.0976. The van der Waals surface area contributed by atoms with Crippen LogP contribution in [-0.4, -0.2) is 30.7 Å². The maximum atomic E-state index is 8.56. The number of ether oxygens (including phenoxy) is 1. The zero-order valence-electron chi connectivity index (χ0n) is 12.5. The third-order valence-electron chi connectivity index (χ3n) is 2.86. The molecule has 0 aliphatic heterocycles. The number of hydrogen-bond acceptors (Lipinski definition) is 4. The highest BCUT2D eigenvalue weighted by atomic mass is 16.5. The van der Waals surface area contributed by atoms with Gasteiger partial charge in [0.1, 0.15) is 12.4 Å². The van der Waals surface area contributed by atoms with E-state index in [4.69, 9.17) is 15.7 Å². The van der Waals surface area contributed by atoms with Gasteiger partial charge in [0, 0.05) is 12.1 Å². The number of nitrogens with zero attached hydrogens (tertiary/aromatic N) is 1. The van der Waals surface area contributed by atoms with Crippen molar-refractivity contribution in [2.24, 2.45) is 16.3 Å². The summed E-state index contributed by atoms with van der Waals surface area (Å²) in [6.07, 6.45) is 1.14. The van der Waals surface area contributed by atoms with Gasteiger partial charge in [-0.25, -0.2) is 0 Å². The van der Waals surface area contributed by atoms with Gasteiger partial charge in [-0.3, -0.25) is 0 Å². The van der Waals surface area contributed by atoms with Crippen LogP contribution in [0.4, 0.5) is 0 Å². The molecule has 5 heteroatoms. The Morgan fingerprint density at radius 2 is 1.90 bits per heavy atom. The van der Waals surface area contributed by atoms with Gasteiger partial charge in [-0.15, -0.1) is 0 Å². The topological polar surface area (TPSA) is 79.9 Å². The first kappa shape index (κ1) is 16.3. The van der Waals surface area contributed by atoms with Crippen LogP contribution in [-0.2, 0) is 0 Å². The van der Waals surface area contributed by atoms with Crippen molar-refractivity contribution in [1.82, 2.24) is 5.32 Å². The van der Waals surface area contributed by atoms with Crippen LogP contribution in [0.2, 0.25) is 0 Å². The summed E-state index contributed by atoms with van der Waals surface area (Å²) in [5, 5.41) is 14.9. The lowest BCUT2D eigenvalue weighted by Gasteiger charge is -2.18. The molecule has 0 amide bonds. The predicted octanol–water partition coefficient (Wildman–Crippen LogP) is 2.19. The zero-order valence-corrected chi connectivity index (χ0v) is 12.5. The summed E-state index contributed by atoms with van der Waals surface area (Å²) < 4.78 is 5.60. The predicted molar refractivity (Wildman–Crippen MR) is 81.4 cm³/mol. The number of nitrogens with two attached hydrogens (primary N) is 1. The van der Waals surface area contributed by atoms with Crippen LogP contribution in [0, 0.1) is 5.41 Å². The standard InChI is InChI=1S/C15H25N3O2/c1-15(2,3)8-9-17-10-11-20-13-6-4-12(5-7-13)14(16)18-19/h4-7,17,19H,8-11H2,1-3H3,(H2,16,18). The van der Waals surface area contributed by atoms with Gasteiger partial charge in [0.05, 0.1) is 0 Å². The summed E-state index contributed by atoms with van der Waals surface area (Å²) in [4.78, 5) is 0. The summed E-state index contributed by atoms with van der Waals surface area (Å²) in [5.74, 6) is 0.873. The van der Waals surface area contributed by atoms with E-state index in [1.54, 1.807) is 12.1 Å². The molecule has 1 aromatic carbocycles. The van der Waals surface area contributed by atoms with Gasteiger partial charge in [-0.05, 0) is 42.6 Å². The van der Waals surface area contributed by atoms with Crippen molar-refractivity contribution in [3.05, 3.63) is 29.8 Å². The highest BCUT2D eigenvalue weighted by Crippen LogP contribution is 2.16. The Bertz CT molecular complexity index is 422. The second-order valence-corrected chi connectivity index (χ2v) is 5.92. The van der Waals surface area contributed by atoms with E-state index in [0.717, 1.165) is 25.3 Å². The fraction of sp³-hybridized carbons (Fsp3) is 0.533. The molecule has 20 heavy (non-hydrogen) atoms. The van der Waals surface area contributed by atoms with E-state index in [1.807, 2.05) is 12.1 Å².